The molecule has 1 heterocycles. The summed E-state index contributed by atoms with van der Waals surface area (Å²) in [5.74, 6) is -0.837. The van der Waals surface area contributed by atoms with E-state index in [4.69, 9.17) is 0 Å². The van der Waals surface area contributed by atoms with Crippen LogP contribution in [-0.2, 0) is 17.8 Å². The van der Waals surface area contributed by atoms with Gasteiger partial charge in [0, 0.05) is 6.54 Å². The Morgan fingerprint density at radius 1 is 1.69 bits per heavy atom. The number of carbonyl (C=O) groups is 1. The summed E-state index contributed by atoms with van der Waals surface area (Å²) in [6.07, 6.45) is -2.04. The number of aromatic nitrogens is 3. The third-order valence-corrected chi connectivity index (χ3v) is 1.57. The van der Waals surface area contributed by atoms with E-state index >= 15 is 0 Å². The first-order chi connectivity index (χ1) is 6.15. The van der Waals surface area contributed by atoms with Gasteiger partial charge in [-0.05, 0) is 6.92 Å². The second kappa shape index (κ2) is 4.06. The molecule has 0 saturated carbocycles. The van der Waals surface area contributed by atoms with Crippen LogP contribution in [0.4, 0.5) is 8.78 Å². The van der Waals surface area contributed by atoms with E-state index in [9.17, 15) is 13.6 Å². The van der Waals surface area contributed by atoms with Gasteiger partial charge in [-0.2, -0.15) is 5.10 Å². The average Bonchev–Trinajstić information content (AvgIpc) is 2.51. The molecule has 0 amide bonds. The number of rotatable bonds is 4. The van der Waals surface area contributed by atoms with Crippen LogP contribution in [0.5, 0.6) is 0 Å². The van der Waals surface area contributed by atoms with Crippen molar-refractivity contribution in [1.82, 2.24) is 14.8 Å². The van der Waals surface area contributed by atoms with Crippen LogP contribution in [0.2, 0.25) is 0 Å². The van der Waals surface area contributed by atoms with Crippen molar-refractivity contribution in [2.45, 2.75) is 26.3 Å². The molecule has 0 aliphatic heterocycles. The van der Waals surface area contributed by atoms with Gasteiger partial charge in [0.2, 0.25) is 5.78 Å². The summed E-state index contributed by atoms with van der Waals surface area (Å²) < 4.78 is 25.1. The van der Waals surface area contributed by atoms with Gasteiger partial charge in [-0.1, -0.05) is 0 Å². The van der Waals surface area contributed by atoms with E-state index in [-0.39, 0.29) is 12.2 Å². The number of hydrogen-bond acceptors (Lipinski definition) is 3. The molecule has 1 aromatic heterocycles. The number of alkyl halides is 2. The van der Waals surface area contributed by atoms with Crippen LogP contribution in [-0.4, -0.2) is 27.0 Å². The Bertz CT molecular complexity index is 298. The van der Waals surface area contributed by atoms with Crippen LogP contribution < -0.4 is 0 Å². The predicted molar refractivity (Wildman–Crippen MR) is 40.4 cm³/mol. The first-order valence-electron chi connectivity index (χ1n) is 3.82. The third kappa shape index (κ3) is 2.30. The fourth-order valence-corrected chi connectivity index (χ4v) is 0.922. The fourth-order valence-electron chi connectivity index (χ4n) is 0.922. The zero-order valence-electron chi connectivity index (χ0n) is 7.07. The van der Waals surface area contributed by atoms with E-state index in [1.165, 1.54) is 11.0 Å². The summed E-state index contributed by atoms with van der Waals surface area (Å²) in [4.78, 5) is 14.4. The first kappa shape index (κ1) is 9.76. The molecule has 72 valence electrons. The van der Waals surface area contributed by atoms with Gasteiger partial charge in [-0.15, -0.1) is 0 Å². The highest BCUT2D eigenvalue weighted by atomic mass is 19.3. The van der Waals surface area contributed by atoms with Crippen LogP contribution in [0.1, 0.15) is 12.7 Å². The molecule has 0 radical (unpaired) electrons. The van der Waals surface area contributed by atoms with Crippen molar-refractivity contribution in [1.29, 1.82) is 0 Å². The minimum Gasteiger partial charge on any atom is -0.293 e. The SMILES string of the molecule is CCn1ncnc1CC(=O)C(F)F. The number of Topliss-reactive ketones (excluding diaryl/α,β-unsaturated/α-hetero) is 1. The summed E-state index contributed by atoms with van der Waals surface area (Å²) in [5, 5.41) is 3.76. The number of nitrogens with zero attached hydrogens (tertiary/aromatic N) is 3. The molecule has 0 bridgehead atoms. The van der Waals surface area contributed by atoms with E-state index in [1.807, 2.05) is 0 Å². The average molecular weight is 189 g/mol. The van der Waals surface area contributed by atoms with Gasteiger partial charge in [0.25, 0.3) is 6.43 Å². The van der Waals surface area contributed by atoms with E-state index in [2.05, 4.69) is 10.1 Å². The van der Waals surface area contributed by atoms with Crippen LogP contribution in [0.3, 0.4) is 0 Å². The van der Waals surface area contributed by atoms with Crippen molar-refractivity contribution in [3.8, 4) is 0 Å². The maximum Gasteiger partial charge on any atom is 0.296 e. The highest BCUT2D eigenvalue weighted by Crippen LogP contribution is 2.02. The Balaban J connectivity index is 2.68. The van der Waals surface area contributed by atoms with E-state index in [0.29, 0.717) is 6.54 Å². The van der Waals surface area contributed by atoms with E-state index < -0.39 is 12.2 Å². The largest absolute Gasteiger partial charge is 0.296 e. The van der Waals surface area contributed by atoms with Crippen LogP contribution in [0.15, 0.2) is 6.33 Å². The minimum absolute atomic E-state index is 0.285. The molecule has 1 rings (SSSR count). The van der Waals surface area contributed by atoms with Crippen molar-refractivity contribution in [3.63, 3.8) is 0 Å². The number of carbonyl (C=O) groups excluding carboxylic acids is 1. The molecule has 0 N–H and O–H groups in total. The van der Waals surface area contributed by atoms with Gasteiger partial charge >= 0.3 is 0 Å². The topological polar surface area (TPSA) is 47.8 Å². The van der Waals surface area contributed by atoms with Crippen LogP contribution >= 0.6 is 0 Å². The van der Waals surface area contributed by atoms with Gasteiger partial charge in [0.1, 0.15) is 12.2 Å². The summed E-state index contributed by atoms with van der Waals surface area (Å²) in [6.45, 7) is 2.32. The highest BCUT2D eigenvalue weighted by molar-refractivity contribution is 5.83. The van der Waals surface area contributed by atoms with Crippen molar-refractivity contribution < 1.29 is 13.6 Å². The molecule has 0 aliphatic carbocycles. The molecule has 6 heteroatoms. The normalized spacial score (nSPS) is 10.8. The first-order valence-corrected chi connectivity index (χ1v) is 3.82. The monoisotopic (exact) mass is 189 g/mol. The summed E-state index contributed by atoms with van der Waals surface area (Å²) >= 11 is 0. The molecule has 0 fully saturated rings. The van der Waals surface area contributed by atoms with Gasteiger partial charge in [-0.25, -0.2) is 18.4 Å². The zero-order valence-corrected chi connectivity index (χ0v) is 7.07. The van der Waals surface area contributed by atoms with Crippen molar-refractivity contribution in [3.05, 3.63) is 12.2 Å². The molecular weight excluding hydrogens is 180 g/mol. The number of halogens is 2. The molecule has 13 heavy (non-hydrogen) atoms. The molecule has 1 aromatic rings. The van der Waals surface area contributed by atoms with Gasteiger partial charge < -0.3 is 0 Å². The number of hydrogen-bond donors (Lipinski definition) is 0. The zero-order chi connectivity index (χ0) is 9.84. The van der Waals surface area contributed by atoms with E-state index in [0.717, 1.165) is 0 Å². The van der Waals surface area contributed by atoms with Crippen LogP contribution in [0, 0.1) is 0 Å². The molecule has 4 nitrogen and oxygen atoms in total. The number of ketones is 1. The second-order valence-electron chi connectivity index (χ2n) is 2.44. The quantitative estimate of drug-likeness (QED) is 0.699. The fraction of sp³-hybridized carbons (Fsp3) is 0.571. The Kier molecular flexibility index (Phi) is 3.05. The van der Waals surface area contributed by atoms with Gasteiger partial charge in [0.05, 0.1) is 6.42 Å². The second-order valence-corrected chi connectivity index (χ2v) is 2.44. The molecule has 0 atom stereocenters. The van der Waals surface area contributed by atoms with Gasteiger partial charge in [-0.3, -0.25) is 4.79 Å². The van der Waals surface area contributed by atoms with E-state index in [1.54, 1.807) is 6.92 Å². The molecule has 0 spiro atoms. The van der Waals surface area contributed by atoms with Crippen molar-refractivity contribution in [2.24, 2.45) is 0 Å². The standard InChI is InChI=1S/C7H9F2N3O/c1-2-12-6(10-4-11-12)3-5(13)7(8)9/h4,7H,2-3H2,1H3. The summed E-state index contributed by atoms with van der Waals surface area (Å²) in [6, 6.07) is 0. The van der Waals surface area contributed by atoms with Gasteiger partial charge in [0.15, 0.2) is 0 Å². The Morgan fingerprint density at radius 3 is 2.92 bits per heavy atom. The lowest BCUT2D eigenvalue weighted by atomic mass is 10.3. The third-order valence-electron chi connectivity index (χ3n) is 1.57. The Morgan fingerprint density at radius 2 is 2.38 bits per heavy atom. The lowest BCUT2D eigenvalue weighted by molar-refractivity contribution is -0.128. The smallest absolute Gasteiger partial charge is 0.293 e. The molecule has 0 aliphatic rings. The maximum absolute atomic E-state index is 11.8. The van der Waals surface area contributed by atoms with Crippen molar-refractivity contribution >= 4 is 5.78 Å². The summed E-state index contributed by atoms with van der Waals surface area (Å²) in [7, 11) is 0. The molecule has 0 unspecified atom stereocenters. The molecule has 0 saturated heterocycles. The minimum atomic E-state index is -2.93. The van der Waals surface area contributed by atoms with Crippen LogP contribution in [0.25, 0.3) is 0 Å². The number of aryl methyl sites for hydroxylation is 1. The highest BCUT2D eigenvalue weighted by Gasteiger charge is 2.18. The van der Waals surface area contributed by atoms with Crippen molar-refractivity contribution in [2.75, 3.05) is 0 Å². The lowest BCUT2D eigenvalue weighted by Crippen LogP contribution is -2.16. The maximum atomic E-state index is 11.8. The Hall–Kier alpha value is -1.33. The Labute approximate surface area is 73.6 Å². The molecular formula is C7H9F2N3O. The predicted octanol–water partition coefficient (Wildman–Crippen LogP) is 0.675. The lowest BCUT2D eigenvalue weighted by Gasteiger charge is -2.00. The summed E-state index contributed by atoms with van der Waals surface area (Å²) in [5.41, 5.74) is 0. The molecule has 0 aromatic carbocycles.